The zero-order valence-electron chi connectivity index (χ0n) is 13.7. The SMILES string of the molecule is CCN(Cc1ccncc1)C(=O)[C@H](C)n1ccnc1C(C)C. The van der Waals surface area contributed by atoms with Gasteiger partial charge in [-0.25, -0.2) is 4.98 Å². The largest absolute Gasteiger partial charge is 0.337 e. The Balaban J connectivity index is 2.15. The Labute approximate surface area is 132 Å². The Bertz CT molecular complexity index is 606. The molecule has 5 nitrogen and oxygen atoms in total. The molecular weight excluding hydrogens is 276 g/mol. The van der Waals surface area contributed by atoms with Crippen LogP contribution in [0, 0.1) is 0 Å². The second kappa shape index (κ2) is 7.20. The Morgan fingerprint density at radius 1 is 1.23 bits per heavy atom. The summed E-state index contributed by atoms with van der Waals surface area (Å²) in [6.07, 6.45) is 7.16. The van der Waals surface area contributed by atoms with Gasteiger partial charge in [-0.05, 0) is 31.5 Å². The summed E-state index contributed by atoms with van der Waals surface area (Å²) in [5, 5.41) is 0. The highest BCUT2D eigenvalue weighted by molar-refractivity contribution is 5.80. The van der Waals surface area contributed by atoms with Gasteiger partial charge in [-0.3, -0.25) is 9.78 Å². The summed E-state index contributed by atoms with van der Waals surface area (Å²) in [6, 6.07) is 3.64. The van der Waals surface area contributed by atoms with E-state index in [0.717, 1.165) is 11.4 Å². The molecule has 1 atom stereocenters. The molecule has 22 heavy (non-hydrogen) atoms. The van der Waals surface area contributed by atoms with Crippen molar-refractivity contribution < 1.29 is 4.79 Å². The smallest absolute Gasteiger partial charge is 0.245 e. The second-order valence-corrected chi connectivity index (χ2v) is 5.73. The van der Waals surface area contributed by atoms with Crippen LogP contribution in [0.5, 0.6) is 0 Å². The number of likely N-dealkylation sites (N-methyl/N-ethyl adjacent to an activating group) is 1. The lowest BCUT2D eigenvalue weighted by atomic mass is 10.1. The molecule has 0 saturated heterocycles. The van der Waals surface area contributed by atoms with Crippen LogP contribution in [0.2, 0.25) is 0 Å². The van der Waals surface area contributed by atoms with Gasteiger partial charge < -0.3 is 9.47 Å². The third-order valence-corrected chi connectivity index (χ3v) is 3.81. The van der Waals surface area contributed by atoms with E-state index in [4.69, 9.17) is 0 Å². The molecule has 0 aliphatic rings. The highest BCUT2D eigenvalue weighted by atomic mass is 16.2. The molecule has 2 aromatic heterocycles. The topological polar surface area (TPSA) is 51.0 Å². The number of carbonyl (C=O) groups excluding carboxylic acids is 1. The molecule has 0 aliphatic heterocycles. The van der Waals surface area contributed by atoms with Crippen molar-refractivity contribution in [1.82, 2.24) is 19.4 Å². The fourth-order valence-corrected chi connectivity index (χ4v) is 2.54. The van der Waals surface area contributed by atoms with Crippen LogP contribution in [0.4, 0.5) is 0 Å². The fourth-order valence-electron chi connectivity index (χ4n) is 2.54. The van der Waals surface area contributed by atoms with E-state index in [1.54, 1.807) is 18.6 Å². The van der Waals surface area contributed by atoms with E-state index in [1.807, 2.05) is 41.6 Å². The number of aromatic nitrogens is 3. The number of hydrogen-bond donors (Lipinski definition) is 0. The van der Waals surface area contributed by atoms with E-state index < -0.39 is 0 Å². The quantitative estimate of drug-likeness (QED) is 0.824. The van der Waals surface area contributed by atoms with Crippen LogP contribution >= 0.6 is 0 Å². The van der Waals surface area contributed by atoms with E-state index in [-0.39, 0.29) is 11.9 Å². The molecule has 1 amide bonds. The number of rotatable bonds is 6. The molecule has 118 valence electrons. The highest BCUT2D eigenvalue weighted by Crippen LogP contribution is 2.19. The molecule has 2 aromatic rings. The Morgan fingerprint density at radius 3 is 2.50 bits per heavy atom. The maximum atomic E-state index is 12.8. The molecule has 0 aromatic carbocycles. The van der Waals surface area contributed by atoms with E-state index in [2.05, 4.69) is 23.8 Å². The molecule has 0 saturated carbocycles. The normalized spacial score (nSPS) is 12.4. The summed E-state index contributed by atoms with van der Waals surface area (Å²) < 4.78 is 1.97. The number of nitrogens with zero attached hydrogens (tertiary/aromatic N) is 4. The lowest BCUT2D eigenvalue weighted by molar-refractivity contribution is -0.134. The molecule has 0 fully saturated rings. The molecule has 5 heteroatoms. The van der Waals surface area contributed by atoms with Gasteiger partial charge in [-0.2, -0.15) is 0 Å². The Hall–Kier alpha value is -2.17. The van der Waals surface area contributed by atoms with Crippen molar-refractivity contribution >= 4 is 5.91 Å². The minimum absolute atomic E-state index is 0.110. The average molecular weight is 300 g/mol. The van der Waals surface area contributed by atoms with Crippen molar-refractivity contribution in [2.75, 3.05) is 6.54 Å². The van der Waals surface area contributed by atoms with Gasteiger partial charge in [0.05, 0.1) is 0 Å². The van der Waals surface area contributed by atoms with Crippen molar-refractivity contribution in [2.24, 2.45) is 0 Å². The summed E-state index contributed by atoms with van der Waals surface area (Å²) in [4.78, 5) is 23.1. The first-order chi connectivity index (χ1) is 10.5. The lowest BCUT2D eigenvalue weighted by Crippen LogP contribution is -2.36. The minimum Gasteiger partial charge on any atom is -0.337 e. The zero-order chi connectivity index (χ0) is 16.1. The van der Waals surface area contributed by atoms with Crippen LogP contribution in [0.15, 0.2) is 36.9 Å². The number of amides is 1. The molecule has 0 unspecified atom stereocenters. The van der Waals surface area contributed by atoms with Crippen molar-refractivity contribution in [3.05, 3.63) is 48.3 Å². The summed E-state index contributed by atoms with van der Waals surface area (Å²) in [7, 11) is 0. The van der Waals surface area contributed by atoms with Crippen LogP contribution in [0.3, 0.4) is 0 Å². The van der Waals surface area contributed by atoms with Gasteiger partial charge in [0.15, 0.2) is 0 Å². The number of hydrogen-bond acceptors (Lipinski definition) is 3. The predicted molar refractivity (Wildman–Crippen MR) is 86.4 cm³/mol. The van der Waals surface area contributed by atoms with E-state index in [1.165, 1.54) is 0 Å². The summed E-state index contributed by atoms with van der Waals surface area (Å²) in [5.74, 6) is 1.35. The number of pyridine rings is 1. The fraction of sp³-hybridized carbons (Fsp3) is 0.471. The predicted octanol–water partition coefficient (Wildman–Crippen LogP) is 3.01. The van der Waals surface area contributed by atoms with Gasteiger partial charge in [0, 0.05) is 43.8 Å². The Morgan fingerprint density at radius 2 is 1.91 bits per heavy atom. The first-order valence-electron chi connectivity index (χ1n) is 7.75. The molecule has 0 N–H and O–H groups in total. The third kappa shape index (κ3) is 3.53. The molecule has 0 radical (unpaired) electrons. The summed E-state index contributed by atoms with van der Waals surface area (Å²) >= 11 is 0. The highest BCUT2D eigenvalue weighted by Gasteiger charge is 2.23. The molecule has 2 heterocycles. The van der Waals surface area contributed by atoms with Crippen molar-refractivity contribution in [1.29, 1.82) is 0 Å². The number of imidazole rings is 1. The van der Waals surface area contributed by atoms with Gasteiger partial charge in [0.25, 0.3) is 0 Å². The second-order valence-electron chi connectivity index (χ2n) is 5.73. The minimum atomic E-state index is -0.248. The van der Waals surface area contributed by atoms with Gasteiger partial charge in [-0.1, -0.05) is 13.8 Å². The third-order valence-electron chi connectivity index (χ3n) is 3.81. The molecule has 0 aliphatic carbocycles. The first kappa shape index (κ1) is 16.2. The van der Waals surface area contributed by atoms with Crippen LogP contribution in [-0.2, 0) is 11.3 Å². The Kier molecular flexibility index (Phi) is 5.31. The summed E-state index contributed by atoms with van der Waals surface area (Å²) in [5.41, 5.74) is 1.09. The van der Waals surface area contributed by atoms with Crippen molar-refractivity contribution in [2.45, 2.75) is 46.2 Å². The maximum Gasteiger partial charge on any atom is 0.245 e. The lowest BCUT2D eigenvalue weighted by Gasteiger charge is -2.26. The first-order valence-corrected chi connectivity index (χ1v) is 7.75. The molecule has 0 bridgehead atoms. The molecular formula is C17H24N4O. The molecule has 2 rings (SSSR count). The van der Waals surface area contributed by atoms with E-state index in [0.29, 0.717) is 19.0 Å². The maximum absolute atomic E-state index is 12.8. The van der Waals surface area contributed by atoms with Crippen LogP contribution in [0.25, 0.3) is 0 Å². The van der Waals surface area contributed by atoms with Gasteiger partial charge in [-0.15, -0.1) is 0 Å². The monoisotopic (exact) mass is 300 g/mol. The zero-order valence-corrected chi connectivity index (χ0v) is 13.7. The van der Waals surface area contributed by atoms with Gasteiger partial charge >= 0.3 is 0 Å². The van der Waals surface area contributed by atoms with Gasteiger partial charge in [0.2, 0.25) is 5.91 Å². The standard InChI is InChI=1S/C17H24N4O/c1-5-20(12-15-6-8-18-9-7-15)17(22)14(4)21-11-10-19-16(21)13(2)3/h6-11,13-14H,5,12H2,1-4H3/t14-/m0/s1. The average Bonchev–Trinajstić information content (AvgIpc) is 3.02. The molecule has 0 spiro atoms. The van der Waals surface area contributed by atoms with E-state index in [9.17, 15) is 4.79 Å². The van der Waals surface area contributed by atoms with Crippen molar-refractivity contribution in [3.63, 3.8) is 0 Å². The van der Waals surface area contributed by atoms with E-state index >= 15 is 0 Å². The van der Waals surface area contributed by atoms with Gasteiger partial charge in [0.1, 0.15) is 11.9 Å². The van der Waals surface area contributed by atoms with Crippen LogP contribution in [-0.4, -0.2) is 31.9 Å². The van der Waals surface area contributed by atoms with Crippen LogP contribution in [0.1, 0.15) is 51.0 Å². The number of carbonyl (C=O) groups is 1. The van der Waals surface area contributed by atoms with Crippen LogP contribution < -0.4 is 0 Å². The summed E-state index contributed by atoms with van der Waals surface area (Å²) in [6.45, 7) is 9.40. The van der Waals surface area contributed by atoms with Crippen molar-refractivity contribution in [3.8, 4) is 0 Å².